The first-order chi connectivity index (χ1) is 10.1. The predicted molar refractivity (Wildman–Crippen MR) is 84.1 cm³/mol. The zero-order valence-corrected chi connectivity index (χ0v) is 13.1. The van der Waals surface area contributed by atoms with Crippen LogP contribution in [0.25, 0.3) is 0 Å². The van der Waals surface area contributed by atoms with E-state index in [9.17, 15) is 4.79 Å². The molecule has 1 aliphatic rings. The van der Waals surface area contributed by atoms with Crippen molar-refractivity contribution in [3.8, 4) is 0 Å². The Hall–Kier alpha value is -1.39. The van der Waals surface area contributed by atoms with Gasteiger partial charge >= 0.3 is 0 Å². The standard InChI is InChI=1S/C17H26N2O2/c1-14(2)21-12-8-17(20)18-9-11-19-10-7-15-5-3-4-6-16(15)13-19/h3-6,14H,7-13H2,1-2H3,(H,18,20). The van der Waals surface area contributed by atoms with Crippen LogP contribution in [0.4, 0.5) is 0 Å². The molecule has 2 rings (SSSR count). The molecule has 0 aromatic heterocycles. The Morgan fingerprint density at radius 3 is 2.86 bits per heavy atom. The van der Waals surface area contributed by atoms with Crippen molar-refractivity contribution < 1.29 is 9.53 Å². The highest BCUT2D eigenvalue weighted by Gasteiger charge is 2.15. The first-order valence-electron chi connectivity index (χ1n) is 7.82. The highest BCUT2D eigenvalue weighted by atomic mass is 16.5. The van der Waals surface area contributed by atoms with Crippen molar-refractivity contribution >= 4 is 5.91 Å². The molecule has 1 aromatic rings. The Morgan fingerprint density at radius 2 is 2.10 bits per heavy atom. The van der Waals surface area contributed by atoms with Gasteiger partial charge in [-0.1, -0.05) is 24.3 Å². The number of benzene rings is 1. The summed E-state index contributed by atoms with van der Waals surface area (Å²) in [6.45, 7) is 8.14. The largest absolute Gasteiger partial charge is 0.378 e. The number of hydrogen-bond acceptors (Lipinski definition) is 3. The minimum atomic E-state index is 0.0769. The smallest absolute Gasteiger partial charge is 0.222 e. The Morgan fingerprint density at radius 1 is 1.33 bits per heavy atom. The first kappa shape index (κ1) is 16.0. The summed E-state index contributed by atoms with van der Waals surface area (Å²) >= 11 is 0. The average Bonchev–Trinajstić information content (AvgIpc) is 2.47. The van der Waals surface area contributed by atoms with E-state index in [-0.39, 0.29) is 12.0 Å². The molecule has 0 aliphatic carbocycles. The molecule has 0 radical (unpaired) electrons. The van der Waals surface area contributed by atoms with Gasteiger partial charge < -0.3 is 10.1 Å². The predicted octanol–water partition coefficient (Wildman–Crippen LogP) is 1.98. The van der Waals surface area contributed by atoms with E-state index < -0.39 is 0 Å². The second kappa shape index (κ2) is 8.15. The van der Waals surface area contributed by atoms with Crippen molar-refractivity contribution in [2.75, 3.05) is 26.2 Å². The van der Waals surface area contributed by atoms with Gasteiger partial charge in [0.25, 0.3) is 0 Å². The van der Waals surface area contributed by atoms with Gasteiger partial charge in [0.2, 0.25) is 5.91 Å². The summed E-state index contributed by atoms with van der Waals surface area (Å²) in [5.74, 6) is 0.0769. The molecule has 1 aromatic carbocycles. The van der Waals surface area contributed by atoms with Crippen LogP contribution in [0.1, 0.15) is 31.4 Å². The second-order valence-electron chi connectivity index (χ2n) is 5.81. The van der Waals surface area contributed by atoms with Gasteiger partial charge in [0.1, 0.15) is 0 Å². The van der Waals surface area contributed by atoms with E-state index in [1.54, 1.807) is 0 Å². The lowest BCUT2D eigenvalue weighted by atomic mass is 10.00. The highest BCUT2D eigenvalue weighted by molar-refractivity contribution is 5.75. The molecule has 21 heavy (non-hydrogen) atoms. The van der Waals surface area contributed by atoms with Gasteiger partial charge in [-0.15, -0.1) is 0 Å². The van der Waals surface area contributed by atoms with E-state index in [4.69, 9.17) is 4.74 Å². The molecule has 0 spiro atoms. The van der Waals surface area contributed by atoms with Crippen LogP contribution in [0.3, 0.4) is 0 Å². The van der Waals surface area contributed by atoms with Crippen molar-refractivity contribution in [2.45, 2.75) is 39.3 Å². The molecule has 1 N–H and O–H groups in total. The third-order valence-corrected chi connectivity index (χ3v) is 3.74. The average molecular weight is 290 g/mol. The topological polar surface area (TPSA) is 41.6 Å². The number of fused-ring (bicyclic) bond motifs is 1. The van der Waals surface area contributed by atoms with Gasteiger partial charge in [0.15, 0.2) is 0 Å². The van der Waals surface area contributed by atoms with E-state index in [1.807, 2.05) is 13.8 Å². The molecule has 1 heterocycles. The molecule has 4 nitrogen and oxygen atoms in total. The van der Waals surface area contributed by atoms with Crippen LogP contribution in [0.5, 0.6) is 0 Å². The summed E-state index contributed by atoms with van der Waals surface area (Å²) in [6, 6.07) is 8.61. The molecule has 1 aliphatic heterocycles. The molecule has 0 unspecified atom stereocenters. The molecular weight excluding hydrogens is 264 g/mol. The summed E-state index contributed by atoms with van der Waals surface area (Å²) in [4.78, 5) is 14.1. The van der Waals surface area contributed by atoms with Crippen molar-refractivity contribution in [3.05, 3.63) is 35.4 Å². The quantitative estimate of drug-likeness (QED) is 0.835. The monoisotopic (exact) mass is 290 g/mol. The lowest BCUT2D eigenvalue weighted by molar-refractivity contribution is -0.122. The number of carbonyl (C=O) groups excluding carboxylic acids is 1. The Labute approximate surface area is 127 Å². The van der Waals surface area contributed by atoms with Crippen molar-refractivity contribution in [1.29, 1.82) is 0 Å². The number of nitrogens with one attached hydrogen (secondary N) is 1. The third-order valence-electron chi connectivity index (χ3n) is 3.74. The maximum Gasteiger partial charge on any atom is 0.222 e. The summed E-state index contributed by atoms with van der Waals surface area (Å²) in [5, 5.41) is 2.97. The lowest BCUT2D eigenvalue weighted by Crippen LogP contribution is -2.38. The van der Waals surface area contributed by atoms with E-state index in [1.165, 1.54) is 11.1 Å². The van der Waals surface area contributed by atoms with Crippen LogP contribution in [0.15, 0.2) is 24.3 Å². The van der Waals surface area contributed by atoms with Gasteiger partial charge in [-0.25, -0.2) is 0 Å². The molecule has 0 saturated carbocycles. The van der Waals surface area contributed by atoms with Crippen molar-refractivity contribution in [2.24, 2.45) is 0 Å². The molecule has 1 amide bonds. The molecular formula is C17H26N2O2. The molecule has 0 fully saturated rings. The van der Waals surface area contributed by atoms with Gasteiger partial charge in [0.05, 0.1) is 12.7 Å². The van der Waals surface area contributed by atoms with Crippen LogP contribution in [0.2, 0.25) is 0 Å². The van der Waals surface area contributed by atoms with Crippen molar-refractivity contribution in [3.63, 3.8) is 0 Å². The van der Waals surface area contributed by atoms with Crippen LogP contribution >= 0.6 is 0 Å². The van der Waals surface area contributed by atoms with Crippen LogP contribution in [-0.2, 0) is 22.5 Å². The fraction of sp³-hybridized carbons (Fsp3) is 0.588. The summed E-state index contributed by atoms with van der Waals surface area (Å²) < 4.78 is 5.38. The van der Waals surface area contributed by atoms with E-state index in [0.29, 0.717) is 19.6 Å². The third kappa shape index (κ3) is 5.48. The molecule has 0 bridgehead atoms. The number of hydrogen-bond donors (Lipinski definition) is 1. The normalized spacial score (nSPS) is 15.0. The Kier molecular flexibility index (Phi) is 6.21. The SMILES string of the molecule is CC(C)OCCC(=O)NCCN1CCc2ccccc2C1. The second-order valence-corrected chi connectivity index (χ2v) is 5.81. The van der Waals surface area contributed by atoms with Crippen LogP contribution in [-0.4, -0.2) is 43.2 Å². The van der Waals surface area contributed by atoms with Crippen LogP contribution < -0.4 is 5.32 Å². The Balaban J connectivity index is 1.63. The summed E-state index contributed by atoms with van der Waals surface area (Å²) in [6.07, 6.45) is 1.74. The number of ether oxygens (including phenoxy) is 1. The minimum Gasteiger partial charge on any atom is -0.378 e. The van der Waals surface area contributed by atoms with Gasteiger partial charge in [-0.3, -0.25) is 9.69 Å². The first-order valence-corrected chi connectivity index (χ1v) is 7.82. The lowest BCUT2D eigenvalue weighted by Gasteiger charge is -2.28. The summed E-state index contributed by atoms with van der Waals surface area (Å²) in [7, 11) is 0. The zero-order chi connectivity index (χ0) is 15.1. The number of rotatable bonds is 7. The summed E-state index contributed by atoms with van der Waals surface area (Å²) in [5.41, 5.74) is 2.88. The van der Waals surface area contributed by atoms with E-state index in [2.05, 4.69) is 34.5 Å². The Bertz CT molecular complexity index is 460. The number of nitrogens with zero attached hydrogens (tertiary/aromatic N) is 1. The zero-order valence-electron chi connectivity index (χ0n) is 13.1. The van der Waals surface area contributed by atoms with E-state index in [0.717, 1.165) is 26.1 Å². The van der Waals surface area contributed by atoms with Gasteiger partial charge in [0, 0.05) is 32.6 Å². The fourth-order valence-corrected chi connectivity index (χ4v) is 2.57. The number of carbonyl (C=O) groups is 1. The molecule has 0 atom stereocenters. The van der Waals surface area contributed by atoms with E-state index >= 15 is 0 Å². The fourth-order valence-electron chi connectivity index (χ4n) is 2.57. The highest BCUT2D eigenvalue weighted by Crippen LogP contribution is 2.17. The van der Waals surface area contributed by atoms with Gasteiger partial charge in [-0.05, 0) is 31.4 Å². The van der Waals surface area contributed by atoms with Gasteiger partial charge in [-0.2, -0.15) is 0 Å². The van der Waals surface area contributed by atoms with Crippen molar-refractivity contribution in [1.82, 2.24) is 10.2 Å². The number of amides is 1. The maximum absolute atomic E-state index is 11.7. The van der Waals surface area contributed by atoms with Crippen LogP contribution in [0, 0.1) is 0 Å². The maximum atomic E-state index is 11.7. The minimum absolute atomic E-state index is 0.0769. The molecule has 116 valence electrons. The molecule has 0 saturated heterocycles. The molecule has 4 heteroatoms.